The monoisotopic (exact) mass is 325 g/mol. The topological polar surface area (TPSA) is 75.4 Å². The summed E-state index contributed by atoms with van der Waals surface area (Å²) in [5.41, 5.74) is 6.01. The summed E-state index contributed by atoms with van der Waals surface area (Å²) in [5.74, 6) is -0.246. The number of thiocarbonyl (C=S) groups is 1. The molecule has 0 aromatic heterocycles. The number of benzene rings is 1. The summed E-state index contributed by atoms with van der Waals surface area (Å²) in [4.78, 5) is 25.7. The van der Waals surface area contributed by atoms with Crippen LogP contribution in [-0.2, 0) is 11.3 Å². The third kappa shape index (κ3) is 2.87. The fourth-order valence-electron chi connectivity index (χ4n) is 2.13. The predicted octanol–water partition coefficient (Wildman–Crippen LogP) is 2.19. The largest absolute Gasteiger partial charge is 0.389 e. The Hall–Kier alpha value is -1.66. The molecule has 2 rings (SSSR count). The highest BCUT2D eigenvalue weighted by Gasteiger charge is 2.46. The van der Waals surface area contributed by atoms with Crippen LogP contribution in [0.1, 0.15) is 31.4 Å². The van der Waals surface area contributed by atoms with Crippen molar-refractivity contribution >= 4 is 40.7 Å². The van der Waals surface area contributed by atoms with Crippen molar-refractivity contribution in [1.82, 2.24) is 10.2 Å². The first kappa shape index (κ1) is 15.7. The van der Waals surface area contributed by atoms with Crippen molar-refractivity contribution in [2.45, 2.75) is 32.4 Å². The molecule has 1 aliphatic rings. The molecule has 112 valence electrons. The quantitative estimate of drug-likeness (QED) is 0.657. The van der Waals surface area contributed by atoms with Crippen LogP contribution in [-0.4, -0.2) is 27.4 Å². The maximum absolute atomic E-state index is 12.3. The van der Waals surface area contributed by atoms with Crippen molar-refractivity contribution in [3.8, 4) is 0 Å². The molecule has 1 aromatic rings. The van der Waals surface area contributed by atoms with Gasteiger partial charge in [-0.25, -0.2) is 4.79 Å². The molecule has 0 spiro atoms. The standard InChI is InChI=1S/C14H16ClN3O2S/c1-3-14(2)12(19)18(13(20)17-14)7-9-5-4-8(11(16)21)6-10(9)15/h4-6H,3,7H2,1-2H3,(H2,16,21)(H,17,20). The van der Waals surface area contributed by atoms with E-state index >= 15 is 0 Å². The van der Waals surface area contributed by atoms with Crippen LogP contribution in [0.25, 0.3) is 0 Å². The lowest BCUT2D eigenvalue weighted by Gasteiger charge is -2.19. The Kier molecular flexibility index (Phi) is 4.20. The SMILES string of the molecule is CCC1(C)NC(=O)N(Cc2ccc(C(N)=S)cc2Cl)C1=O. The number of rotatable bonds is 4. The van der Waals surface area contributed by atoms with Gasteiger partial charge in [0.1, 0.15) is 10.5 Å². The molecule has 1 aliphatic heterocycles. The van der Waals surface area contributed by atoms with E-state index < -0.39 is 11.6 Å². The number of carbonyl (C=O) groups excluding carboxylic acids is 2. The molecule has 0 radical (unpaired) electrons. The van der Waals surface area contributed by atoms with Crippen molar-refractivity contribution in [3.05, 3.63) is 34.3 Å². The minimum atomic E-state index is -0.845. The molecule has 1 unspecified atom stereocenters. The van der Waals surface area contributed by atoms with E-state index in [1.807, 2.05) is 6.92 Å². The zero-order valence-electron chi connectivity index (χ0n) is 11.8. The van der Waals surface area contributed by atoms with E-state index in [1.54, 1.807) is 25.1 Å². The van der Waals surface area contributed by atoms with Gasteiger partial charge in [-0.2, -0.15) is 0 Å². The van der Waals surface area contributed by atoms with Crippen LogP contribution in [0.2, 0.25) is 5.02 Å². The first-order valence-corrected chi connectivity index (χ1v) is 7.29. The molecular formula is C14H16ClN3O2S. The summed E-state index contributed by atoms with van der Waals surface area (Å²) in [6.07, 6.45) is 0.530. The molecule has 3 N–H and O–H groups in total. The lowest BCUT2D eigenvalue weighted by molar-refractivity contribution is -0.131. The van der Waals surface area contributed by atoms with Gasteiger partial charge < -0.3 is 11.1 Å². The van der Waals surface area contributed by atoms with Crippen molar-refractivity contribution in [2.75, 3.05) is 0 Å². The molecule has 0 saturated carbocycles. The van der Waals surface area contributed by atoms with Gasteiger partial charge in [-0.3, -0.25) is 9.69 Å². The van der Waals surface area contributed by atoms with Gasteiger partial charge in [0.15, 0.2) is 0 Å². The molecular weight excluding hydrogens is 310 g/mol. The molecule has 0 bridgehead atoms. The third-order valence-corrected chi connectivity index (χ3v) is 4.31. The van der Waals surface area contributed by atoms with Gasteiger partial charge in [-0.05, 0) is 25.0 Å². The summed E-state index contributed by atoms with van der Waals surface area (Å²) in [7, 11) is 0. The molecule has 0 aliphatic carbocycles. The molecule has 3 amide bonds. The zero-order valence-corrected chi connectivity index (χ0v) is 13.3. The number of nitrogens with two attached hydrogens (primary N) is 1. The lowest BCUT2D eigenvalue weighted by Crippen LogP contribution is -2.43. The van der Waals surface area contributed by atoms with Crippen LogP contribution in [0.3, 0.4) is 0 Å². The van der Waals surface area contributed by atoms with Crippen LogP contribution in [0.4, 0.5) is 4.79 Å². The number of carbonyl (C=O) groups is 2. The second-order valence-corrected chi connectivity index (χ2v) is 6.02. The second kappa shape index (κ2) is 5.61. The van der Waals surface area contributed by atoms with E-state index in [0.717, 1.165) is 0 Å². The number of hydrogen-bond donors (Lipinski definition) is 2. The van der Waals surface area contributed by atoms with Gasteiger partial charge >= 0.3 is 6.03 Å². The third-order valence-electron chi connectivity index (χ3n) is 3.72. The van der Waals surface area contributed by atoms with E-state index in [4.69, 9.17) is 29.6 Å². The van der Waals surface area contributed by atoms with Gasteiger partial charge in [0.25, 0.3) is 5.91 Å². The van der Waals surface area contributed by atoms with Gasteiger partial charge in [-0.15, -0.1) is 0 Å². The first-order valence-electron chi connectivity index (χ1n) is 6.51. The number of nitrogens with zero attached hydrogens (tertiary/aromatic N) is 1. The minimum absolute atomic E-state index is 0.122. The summed E-state index contributed by atoms with van der Waals surface area (Å²) in [5, 5.41) is 3.12. The molecule has 1 aromatic carbocycles. The Labute approximate surface area is 133 Å². The van der Waals surface area contributed by atoms with Gasteiger partial charge in [0, 0.05) is 10.6 Å². The molecule has 7 heteroatoms. The molecule has 1 fully saturated rings. The number of hydrogen-bond acceptors (Lipinski definition) is 3. The number of imide groups is 1. The lowest BCUT2D eigenvalue weighted by atomic mass is 9.99. The zero-order chi connectivity index (χ0) is 15.8. The number of urea groups is 1. The predicted molar refractivity (Wildman–Crippen MR) is 85.1 cm³/mol. The van der Waals surface area contributed by atoms with E-state index in [9.17, 15) is 9.59 Å². The molecule has 5 nitrogen and oxygen atoms in total. The van der Waals surface area contributed by atoms with Gasteiger partial charge in [0.05, 0.1) is 6.54 Å². The molecule has 21 heavy (non-hydrogen) atoms. The van der Waals surface area contributed by atoms with E-state index in [-0.39, 0.29) is 17.4 Å². The van der Waals surface area contributed by atoms with Crippen LogP contribution in [0.15, 0.2) is 18.2 Å². The van der Waals surface area contributed by atoms with Crippen molar-refractivity contribution in [3.63, 3.8) is 0 Å². The Balaban J connectivity index is 2.25. The maximum Gasteiger partial charge on any atom is 0.325 e. The van der Waals surface area contributed by atoms with Crippen LogP contribution >= 0.6 is 23.8 Å². The fourth-order valence-corrected chi connectivity index (χ4v) is 2.50. The number of halogens is 1. The summed E-state index contributed by atoms with van der Waals surface area (Å²) < 4.78 is 0. The summed E-state index contributed by atoms with van der Waals surface area (Å²) in [6.45, 7) is 3.69. The fraction of sp³-hybridized carbons (Fsp3) is 0.357. The second-order valence-electron chi connectivity index (χ2n) is 5.18. The number of nitrogens with one attached hydrogen (secondary N) is 1. The first-order chi connectivity index (χ1) is 9.78. The normalized spacial score (nSPS) is 21.6. The van der Waals surface area contributed by atoms with Crippen LogP contribution in [0.5, 0.6) is 0 Å². The average Bonchev–Trinajstić information content (AvgIpc) is 2.64. The Bertz CT molecular complexity index is 635. The van der Waals surface area contributed by atoms with Crippen molar-refractivity contribution < 1.29 is 9.59 Å². The molecule has 1 atom stereocenters. The van der Waals surface area contributed by atoms with Crippen molar-refractivity contribution in [1.29, 1.82) is 0 Å². The van der Waals surface area contributed by atoms with E-state index in [0.29, 0.717) is 22.6 Å². The van der Waals surface area contributed by atoms with Crippen LogP contribution in [0, 0.1) is 0 Å². The van der Waals surface area contributed by atoms with E-state index in [2.05, 4.69) is 5.32 Å². The minimum Gasteiger partial charge on any atom is -0.389 e. The molecule has 1 saturated heterocycles. The van der Waals surface area contributed by atoms with Gasteiger partial charge in [-0.1, -0.05) is 42.9 Å². The van der Waals surface area contributed by atoms with Gasteiger partial charge in [0.2, 0.25) is 0 Å². The van der Waals surface area contributed by atoms with Crippen LogP contribution < -0.4 is 11.1 Å². The van der Waals surface area contributed by atoms with E-state index in [1.165, 1.54) is 4.90 Å². The maximum atomic E-state index is 12.3. The Morgan fingerprint density at radius 2 is 2.14 bits per heavy atom. The average molecular weight is 326 g/mol. The summed E-state index contributed by atoms with van der Waals surface area (Å²) in [6, 6.07) is 4.68. The van der Waals surface area contributed by atoms with Crippen molar-refractivity contribution in [2.24, 2.45) is 5.73 Å². The Morgan fingerprint density at radius 1 is 1.48 bits per heavy atom. The summed E-state index contributed by atoms with van der Waals surface area (Å²) >= 11 is 11.0. The highest BCUT2D eigenvalue weighted by atomic mass is 35.5. The smallest absolute Gasteiger partial charge is 0.325 e. The number of amides is 3. The molecule has 1 heterocycles. The highest BCUT2D eigenvalue weighted by Crippen LogP contribution is 2.25. The Morgan fingerprint density at radius 3 is 2.62 bits per heavy atom. The highest BCUT2D eigenvalue weighted by molar-refractivity contribution is 7.80.